The summed E-state index contributed by atoms with van der Waals surface area (Å²) >= 11 is 0. The Balaban J connectivity index is 1.86. The van der Waals surface area contributed by atoms with E-state index in [1.54, 1.807) is 0 Å². The van der Waals surface area contributed by atoms with Gasteiger partial charge in [-0.1, -0.05) is 30.3 Å². The zero-order chi connectivity index (χ0) is 20.7. The summed E-state index contributed by atoms with van der Waals surface area (Å²) in [5.41, 5.74) is 1.74. The maximum atomic E-state index is 6.23. The van der Waals surface area contributed by atoms with Gasteiger partial charge in [-0.05, 0) is 33.3 Å². The summed E-state index contributed by atoms with van der Waals surface area (Å²) in [4.78, 5) is 0. The zero-order valence-electron chi connectivity index (χ0n) is 17.9. The maximum Gasteiger partial charge on any atom is 0.133 e. The van der Waals surface area contributed by atoms with Crippen LogP contribution in [0.25, 0.3) is 0 Å². The molecule has 5 heteroatoms. The van der Waals surface area contributed by atoms with Crippen LogP contribution in [0.5, 0.6) is 17.2 Å². The Labute approximate surface area is 173 Å². The van der Waals surface area contributed by atoms with E-state index in [1.807, 2.05) is 58.0 Å². The van der Waals surface area contributed by atoms with Crippen LogP contribution in [0.15, 0.2) is 42.5 Å². The van der Waals surface area contributed by atoms with Crippen LogP contribution < -0.4 is 14.2 Å². The zero-order valence-corrected chi connectivity index (χ0v) is 17.9. The smallest absolute Gasteiger partial charge is 0.133 e. The van der Waals surface area contributed by atoms with Crippen molar-refractivity contribution in [2.45, 2.75) is 52.4 Å². The summed E-state index contributed by atoms with van der Waals surface area (Å²) in [7, 11) is 0. The second-order valence-corrected chi connectivity index (χ2v) is 8.02. The Morgan fingerprint density at radius 3 is 2.59 bits per heavy atom. The van der Waals surface area contributed by atoms with Crippen LogP contribution in [-0.2, 0) is 16.1 Å². The predicted octanol–water partition coefficient (Wildman–Crippen LogP) is 5.32. The first kappa shape index (κ1) is 21.5. The molecule has 1 unspecified atom stereocenters. The number of benzene rings is 2. The second-order valence-electron chi connectivity index (χ2n) is 8.02. The van der Waals surface area contributed by atoms with Gasteiger partial charge in [0.1, 0.15) is 29.5 Å². The van der Waals surface area contributed by atoms with Crippen LogP contribution >= 0.6 is 0 Å². The number of rotatable bonds is 9. The van der Waals surface area contributed by atoms with E-state index in [2.05, 4.69) is 12.1 Å². The Morgan fingerprint density at radius 2 is 1.86 bits per heavy atom. The van der Waals surface area contributed by atoms with Gasteiger partial charge in [-0.15, -0.1) is 0 Å². The van der Waals surface area contributed by atoms with Crippen LogP contribution in [-0.4, -0.2) is 32.0 Å². The lowest BCUT2D eigenvalue weighted by molar-refractivity contribution is -0.0121. The molecule has 0 fully saturated rings. The third-order valence-corrected chi connectivity index (χ3v) is 4.45. The first-order valence-electron chi connectivity index (χ1n) is 10.3. The molecule has 2 aromatic rings. The maximum absolute atomic E-state index is 6.23. The molecule has 0 aromatic heterocycles. The van der Waals surface area contributed by atoms with Gasteiger partial charge >= 0.3 is 0 Å². The molecular weight excluding hydrogens is 368 g/mol. The Hall–Kier alpha value is -2.24. The fourth-order valence-corrected chi connectivity index (χ4v) is 3.26. The molecule has 0 amide bonds. The van der Waals surface area contributed by atoms with Crippen molar-refractivity contribution in [3.8, 4) is 17.2 Å². The van der Waals surface area contributed by atoms with Gasteiger partial charge in [0.2, 0.25) is 0 Å². The highest BCUT2D eigenvalue weighted by Crippen LogP contribution is 2.44. The molecule has 1 aliphatic rings. The molecule has 0 spiro atoms. The van der Waals surface area contributed by atoms with E-state index in [1.165, 1.54) is 0 Å². The van der Waals surface area contributed by atoms with E-state index in [9.17, 15) is 0 Å². The van der Waals surface area contributed by atoms with Gasteiger partial charge in [-0.2, -0.15) is 0 Å². The van der Waals surface area contributed by atoms with Crippen molar-refractivity contribution in [3.05, 3.63) is 53.6 Å². The molecule has 0 saturated heterocycles. The molecule has 2 aromatic carbocycles. The molecule has 1 aliphatic heterocycles. The van der Waals surface area contributed by atoms with Crippen molar-refractivity contribution >= 4 is 0 Å². The average molecular weight is 401 g/mol. The highest BCUT2D eigenvalue weighted by atomic mass is 16.5. The third kappa shape index (κ3) is 6.38. The lowest BCUT2D eigenvalue weighted by Gasteiger charge is -2.30. The van der Waals surface area contributed by atoms with E-state index in [-0.39, 0.29) is 11.7 Å². The monoisotopic (exact) mass is 400 g/mol. The summed E-state index contributed by atoms with van der Waals surface area (Å²) in [6, 6.07) is 14.0. The Kier molecular flexibility index (Phi) is 7.40. The molecule has 5 nitrogen and oxygen atoms in total. The average Bonchev–Trinajstić information content (AvgIpc) is 2.69. The van der Waals surface area contributed by atoms with E-state index >= 15 is 0 Å². The van der Waals surface area contributed by atoms with Crippen molar-refractivity contribution in [1.82, 2.24) is 0 Å². The lowest BCUT2D eigenvalue weighted by atomic mass is 10.0. The first-order valence-corrected chi connectivity index (χ1v) is 10.3. The van der Waals surface area contributed by atoms with Gasteiger partial charge in [0.15, 0.2) is 0 Å². The minimum absolute atomic E-state index is 0.0892. The molecule has 0 bridgehead atoms. The van der Waals surface area contributed by atoms with E-state index < -0.39 is 0 Å². The lowest BCUT2D eigenvalue weighted by Crippen LogP contribution is -2.24. The van der Waals surface area contributed by atoms with Gasteiger partial charge in [0.25, 0.3) is 0 Å². The molecule has 0 saturated carbocycles. The van der Waals surface area contributed by atoms with E-state index in [0.717, 1.165) is 34.8 Å². The van der Waals surface area contributed by atoms with Crippen molar-refractivity contribution in [3.63, 3.8) is 0 Å². The normalized spacial score (nSPS) is 16.1. The standard InChI is InChI=1S/C24H32O5/c1-5-25-13-14-27-20-11-12-26-21-15-19(29-24(2,3)4)16-22(23(20)21)28-17-18-9-7-6-8-10-18/h6-10,15-16,20H,5,11-14,17H2,1-4H3. The highest BCUT2D eigenvalue weighted by molar-refractivity contribution is 5.53. The summed E-state index contributed by atoms with van der Waals surface area (Å²) in [6.07, 6.45) is 0.689. The predicted molar refractivity (Wildman–Crippen MR) is 113 cm³/mol. The number of fused-ring (bicyclic) bond motifs is 1. The van der Waals surface area contributed by atoms with Gasteiger partial charge in [-0.3, -0.25) is 0 Å². The van der Waals surface area contributed by atoms with Crippen molar-refractivity contribution in [1.29, 1.82) is 0 Å². The van der Waals surface area contributed by atoms with Crippen LogP contribution in [0.2, 0.25) is 0 Å². The van der Waals surface area contributed by atoms with Crippen LogP contribution in [0, 0.1) is 0 Å². The summed E-state index contributed by atoms with van der Waals surface area (Å²) in [5.74, 6) is 2.24. The summed E-state index contributed by atoms with van der Waals surface area (Å²) < 4.78 is 29.8. The molecule has 3 rings (SSSR count). The third-order valence-electron chi connectivity index (χ3n) is 4.45. The first-order chi connectivity index (χ1) is 14.0. The van der Waals surface area contributed by atoms with Crippen molar-refractivity contribution in [2.24, 2.45) is 0 Å². The van der Waals surface area contributed by atoms with Gasteiger partial charge < -0.3 is 23.7 Å². The molecule has 0 radical (unpaired) electrons. The van der Waals surface area contributed by atoms with Gasteiger partial charge in [0, 0.05) is 25.2 Å². The summed E-state index contributed by atoms with van der Waals surface area (Å²) in [5, 5.41) is 0. The number of hydrogen-bond acceptors (Lipinski definition) is 5. The van der Waals surface area contributed by atoms with Crippen LogP contribution in [0.1, 0.15) is 51.3 Å². The molecule has 0 N–H and O–H groups in total. The summed E-state index contributed by atoms with van der Waals surface area (Å²) in [6.45, 7) is 10.9. The molecule has 158 valence electrons. The quantitative estimate of drug-likeness (QED) is 0.533. The molecule has 29 heavy (non-hydrogen) atoms. The molecule has 1 heterocycles. The minimum Gasteiger partial charge on any atom is -0.493 e. The fraction of sp³-hybridized carbons (Fsp3) is 0.500. The van der Waals surface area contributed by atoms with Crippen molar-refractivity contribution < 1.29 is 23.7 Å². The van der Waals surface area contributed by atoms with Gasteiger partial charge in [0.05, 0.1) is 31.5 Å². The fourth-order valence-electron chi connectivity index (χ4n) is 3.26. The SMILES string of the molecule is CCOCCOC1CCOc2cc(OC(C)(C)C)cc(OCc3ccccc3)c21. The molecule has 0 aliphatic carbocycles. The minimum atomic E-state index is -0.313. The van der Waals surface area contributed by atoms with Crippen LogP contribution in [0.3, 0.4) is 0 Å². The highest BCUT2D eigenvalue weighted by Gasteiger charge is 2.28. The topological polar surface area (TPSA) is 46.2 Å². The van der Waals surface area contributed by atoms with Gasteiger partial charge in [-0.25, -0.2) is 0 Å². The number of hydrogen-bond donors (Lipinski definition) is 0. The Morgan fingerprint density at radius 1 is 1.07 bits per heavy atom. The second kappa shape index (κ2) is 9.99. The Bertz CT molecular complexity index is 767. The molecular formula is C24H32O5. The molecule has 1 atom stereocenters. The number of ether oxygens (including phenoxy) is 5. The van der Waals surface area contributed by atoms with Crippen molar-refractivity contribution in [2.75, 3.05) is 26.4 Å². The largest absolute Gasteiger partial charge is 0.493 e. The van der Waals surface area contributed by atoms with E-state index in [0.29, 0.717) is 33.0 Å². The van der Waals surface area contributed by atoms with E-state index in [4.69, 9.17) is 23.7 Å². The van der Waals surface area contributed by atoms with Crippen LogP contribution in [0.4, 0.5) is 0 Å².